The van der Waals surface area contributed by atoms with Crippen molar-refractivity contribution < 1.29 is 24.2 Å². The summed E-state index contributed by atoms with van der Waals surface area (Å²) >= 11 is 0. The zero-order valence-corrected chi connectivity index (χ0v) is 24.7. The van der Waals surface area contributed by atoms with Gasteiger partial charge in [0, 0.05) is 29.1 Å². The second-order valence-corrected chi connectivity index (χ2v) is 11.3. The zero-order chi connectivity index (χ0) is 31.2. The second-order valence-electron chi connectivity index (χ2n) is 11.3. The van der Waals surface area contributed by atoms with Gasteiger partial charge >= 0.3 is 5.97 Å². The van der Waals surface area contributed by atoms with Gasteiger partial charge in [0.15, 0.2) is 0 Å². The summed E-state index contributed by atoms with van der Waals surface area (Å²) < 4.78 is 5.97. The van der Waals surface area contributed by atoms with Crippen molar-refractivity contribution in [3.8, 4) is 5.75 Å². The molecule has 0 saturated heterocycles. The highest BCUT2D eigenvalue weighted by molar-refractivity contribution is 6.00. The monoisotopic (exact) mass is 592 g/mol. The van der Waals surface area contributed by atoms with Crippen molar-refractivity contribution in [3.05, 3.63) is 108 Å². The van der Waals surface area contributed by atoms with Crippen LogP contribution in [0.5, 0.6) is 5.75 Å². The van der Waals surface area contributed by atoms with E-state index in [0.717, 1.165) is 32.8 Å². The lowest BCUT2D eigenvalue weighted by molar-refractivity contribution is -0.139. The van der Waals surface area contributed by atoms with Gasteiger partial charge in [-0.2, -0.15) is 0 Å². The molecule has 226 valence electrons. The number of amides is 2. The van der Waals surface area contributed by atoms with Crippen molar-refractivity contribution in [2.45, 2.75) is 38.8 Å². The maximum atomic E-state index is 13.2. The zero-order valence-electron chi connectivity index (χ0n) is 24.7. The summed E-state index contributed by atoms with van der Waals surface area (Å²) in [5.74, 6) is -1.64. The summed E-state index contributed by atoms with van der Waals surface area (Å²) in [4.78, 5) is 41.6. The molecule has 6 N–H and O–H groups in total. The molecule has 2 atom stereocenters. The molecule has 44 heavy (non-hydrogen) atoms. The number of para-hydroxylation sites is 1. The number of carboxylic acids is 1. The molecule has 0 spiro atoms. The highest BCUT2D eigenvalue weighted by Gasteiger charge is 2.23. The van der Waals surface area contributed by atoms with E-state index in [0.29, 0.717) is 24.5 Å². The van der Waals surface area contributed by atoms with Gasteiger partial charge in [-0.1, -0.05) is 74.5 Å². The van der Waals surface area contributed by atoms with E-state index in [1.807, 2.05) is 86.8 Å². The highest BCUT2D eigenvalue weighted by Crippen LogP contribution is 2.28. The van der Waals surface area contributed by atoms with Crippen LogP contribution < -0.4 is 21.1 Å². The molecule has 2 amide bonds. The lowest BCUT2D eigenvalue weighted by Crippen LogP contribution is -2.42. The van der Waals surface area contributed by atoms with Gasteiger partial charge in [-0.05, 0) is 58.5 Å². The number of hydrogen-bond donors (Lipinski definition) is 5. The van der Waals surface area contributed by atoms with Crippen molar-refractivity contribution >= 4 is 45.1 Å². The normalized spacial score (nSPS) is 12.6. The van der Waals surface area contributed by atoms with E-state index in [1.165, 1.54) is 12.1 Å². The third-order valence-corrected chi connectivity index (χ3v) is 7.38. The minimum atomic E-state index is -1.15. The summed E-state index contributed by atoms with van der Waals surface area (Å²) in [6.07, 6.45) is 2.30. The summed E-state index contributed by atoms with van der Waals surface area (Å²) in [5.41, 5.74) is 9.55. The predicted molar refractivity (Wildman–Crippen MR) is 172 cm³/mol. The van der Waals surface area contributed by atoms with E-state index in [9.17, 15) is 19.5 Å². The molecular weight excluding hydrogens is 556 g/mol. The Bertz CT molecular complexity index is 1810. The number of carboxylic acid groups (broad SMARTS) is 1. The Kier molecular flexibility index (Phi) is 9.26. The van der Waals surface area contributed by atoms with Gasteiger partial charge in [0.25, 0.3) is 5.91 Å². The van der Waals surface area contributed by atoms with E-state index in [1.54, 1.807) is 6.07 Å². The molecule has 4 aromatic carbocycles. The van der Waals surface area contributed by atoms with Crippen LogP contribution in [0.15, 0.2) is 91.1 Å². The molecule has 9 heteroatoms. The molecule has 0 aliphatic rings. The fourth-order valence-electron chi connectivity index (χ4n) is 5.04. The Hall–Kier alpha value is -5.15. The first kappa shape index (κ1) is 30.3. The number of rotatable bonds is 12. The van der Waals surface area contributed by atoms with Gasteiger partial charge in [-0.3, -0.25) is 9.59 Å². The van der Waals surface area contributed by atoms with Crippen molar-refractivity contribution in [2.75, 3.05) is 11.9 Å². The third-order valence-electron chi connectivity index (χ3n) is 7.38. The number of H-pyrrole nitrogens is 1. The molecule has 1 heterocycles. The number of nitrogens with one attached hydrogen (secondary N) is 3. The largest absolute Gasteiger partial charge is 0.491 e. The Morgan fingerprint density at radius 3 is 2.43 bits per heavy atom. The van der Waals surface area contributed by atoms with Crippen molar-refractivity contribution in [1.29, 1.82) is 0 Å². The molecule has 0 saturated carbocycles. The van der Waals surface area contributed by atoms with E-state index >= 15 is 0 Å². The molecular formula is C35H36N4O5. The van der Waals surface area contributed by atoms with Crippen LogP contribution in [-0.4, -0.2) is 46.6 Å². The minimum absolute atomic E-state index is 0.116. The molecule has 1 aromatic heterocycles. The van der Waals surface area contributed by atoms with Crippen LogP contribution in [0.3, 0.4) is 0 Å². The van der Waals surface area contributed by atoms with Crippen LogP contribution in [0.25, 0.3) is 21.7 Å². The standard InChI is InChI=1S/C35H36N4O5/c1-21(2)20-44-32-18-25(33(40)39-31(35(42)43)16-22-11-12-23-7-3-4-8-24(23)15-22)13-14-30(32)38-34(41)28(36)17-26-19-37-29-10-6-5-9-27(26)29/h3-15,18-19,21,28,31,37H,16-17,20,36H2,1-2H3,(H,38,41)(H,39,40)(H,42,43)/t28-,31-/m0/s1. The molecule has 0 bridgehead atoms. The Balaban J connectivity index is 1.30. The van der Waals surface area contributed by atoms with Gasteiger partial charge < -0.3 is 31.2 Å². The molecule has 0 radical (unpaired) electrons. The quantitative estimate of drug-likeness (QED) is 0.133. The fourth-order valence-corrected chi connectivity index (χ4v) is 5.04. The molecule has 5 rings (SSSR count). The number of anilines is 1. The first-order valence-electron chi connectivity index (χ1n) is 14.6. The maximum Gasteiger partial charge on any atom is 0.326 e. The Morgan fingerprint density at radius 1 is 0.909 bits per heavy atom. The van der Waals surface area contributed by atoms with E-state index in [-0.39, 0.29) is 17.9 Å². The number of ether oxygens (including phenoxy) is 1. The van der Waals surface area contributed by atoms with Crippen LogP contribution in [0.4, 0.5) is 5.69 Å². The summed E-state index contributed by atoms with van der Waals surface area (Å²) in [7, 11) is 0. The van der Waals surface area contributed by atoms with Gasteiger partial charge in [0.05, 0.1) is 18.3 Å². The Morgan fingerprint density at radius 2 is 1.66 bits per heavy atom. The number of nitrogens with two attached hydrogens (primary N) is 1. The van der Waals surface area contributed by atoms with Gasteiger partial charge in [-0.15, -0.1) is 0 Å². The van der Waals surface area contributed by atoms with E-state index < -0.39 is 29.9 Å². The van der Waals surface area contributed by atoms with Crippen molar-refractivity contribution in [2.24, 2.45) is 11.7 Å². The maximum absolute atomic E-state index is 13.2. The second kappa shape index (κ2) is 13.4. The number of fused-ring (bicyclic) bond motifs is 2. The predicted octanol–water partition coefficient (Wildman–Crippen LogP) is 5.29. The van der Waals surface area contributed by atoms with E-state index in [2.05, 4.69) is 15.6 Å². The van der Waals surface area contributed by atoms with Crippen LogP contribution in [0.2, 0.25) is 0 Å². The molecule has 0 fully saturated rings. The fraction of sp³-hybridized carbons (Fsp3) is 0.229. The third kappa shape index (κ3) is 7.25. The van der Waals surface area contributed by atoms with Gasteiger partial charge in [0.2, 0.25) is 5.91 Å². The summed E-state index contributed by atoms with van der Waals surface area (Å²) in [6.45, 7) is 4.31. The van der Waals surface area contributed by atoms with Crippen molar-refractivity contribution in [1.82, 2.24) is 10.3 Å². The average molecular weight is 593 g/mol. The minimum Gasteiger partial charge on any atom is -0.491 e. The highest BCUT2D eigenvalue weighted by atomic mass is 16.5. The number of benzene rings is 4. The summed E-state index contributed by atoms with van der Waals surface area (Å²) in [5, 5.41) is 18.4. The molecule has 5 aromatic rings. The van der Waals surface area contributed by atoms with Crippen LogP contribution in [0.1, 0.15) is 35.3 Å². The number of aliphatic carboxylic acids is 1. The molecule has 0 aliphatic carbocycles. The smallest absolute Gasteiger partial charge is 0.326 e. The van der Waals surface area contributed by atoms with Gasteiger partial charge in [-0.25, -0.2) is 4.79 Å². The average Bonchev–Trinajstić information content (AvgIpc) is 3.42. The Labute approximate surface area is 255 Å². The first-order chi connectivity index (χ1) is 21.2. The number of aromatic nitrogens is 1. The molecule has 9 nitrogen and oxygen atoms in total. The number of carbonyl (C=O) groups is 3. The first-order valence-corrected chi connectivity index (χ1v) is 14.6. The van der Waals surface area contributed by atoms with Crippen molar-refractivity contribution in [3.63, 3.8) is 0 Å². The number of carbonyl (C=O) groups excluding carboxylic acids is 2. The van der Waals surface area contributed by atoms with E-state index in [4.69, 9.17) is 10.5 Å². The van der Waals surface area contributed by atoms with Crippen LogP contribution in [0, 0.1) is 5.92 Å². The van der Waals surface area contributed by atoms with Crippen LogP contribution >= 0.6 is 0 Å². The number of aromatic amines is 1. The van der Waals surface area contributed by atoms with Crippen LogP contribution in [-0.2, 0) is 22.4 Å². The molecule has 0 unspecified atom stereocenters. The SMILES string of the molecule is CC(C)COc1cc(C(=O)N[C@@H](Cc2ccc3ccccc3c2)C(=O)O)ccc1NC(=O)[C@@H](N)Cc1c[nH]c2ccccc12. The molecule has 0 aliphatic heterocycles. The lowest BCUT2D eigenvalue weighted by atomic mass is 10.0. The number of hydrogen-bond acceptors (Lipinski definition) is 5. The lowest BCUT2D eigenvalue weighted by Gasteiger charge is -2.18. The topological polar surface area (TPSA) is 147 Å². The van der Waals surface area contributed by atoms with Gasteiger partial charge in [0.1, 0.15) is 11.8 Å². The summed E-state index contributed by atoms with van der Waals surface area (Å²) in [6, 6.07) is 24.0.